The average Bonchev–Trinajstić information content (AvgIpc) is 3.10. The standard InChI is InChI=1S/C31H34ClFN2O2/c32-28-3-1-2-25(18-28)21-34-14-12-23(13-15-34)6-10-30(36)26-7-11-31-27(19-26)22-35(16-17-37-31)20-24-4-8-29(33)9-5-24/h1-5,7-9,11,18-19,23H,6,10,12-17,20-22H2. The first-order valence-corrected chi connectivity index (χ1v) is 13.6. The fourth-order valence-corrected chi connectivity index (χ4v) is 5.62. The minimum absolute atomic E-state index is 0.207. The molecule has 4 nitrogen and oxygen atoms in total. The number of nitrogens with zero attached hydrogens (tertiary/aromatic N) is 2. The van der Waals surface area contributed by atoms with Gasteiger partial charge < -0.3 is 4.74 Å². The van der Waals surface area contributed by atoms with Crippen LogP contribution >= 0.6 is 11.6 Å². The first kappa shape index (κ1) is 25.9. The second kappa shape index (κ2) is 12.2. The number of fused-ring (bicyclic) bond motifs is 1. The van der Waals surface area contributed by atoms with Crippen LogP contribution in [0.25, 0.3) is 0 Å². The summed E-state index contributed by atoms with van der Waals surface area (Å²) in [5.74, 6) is 1.43. The van der Waals surface area contributed by atoms with Gasteiger partial charge in [-0.15, -0.1) is 0 Å². The summed E-state index contributed by atoms with van der Waals surface area (Å²) < 4.78 is 19.2. The third-order valence-electron chi connectivity index (χ3n) is 7.54. The highest BCUT2D eigenvalue weighted by atomic mass is 35.5. The fraction of sp³-hybridized carbons (Fsp3) is 0.387. The highest BCUT2D eigenvalue weighted by Crippen LogP contribution is 2.28. The Labute approximate surface area is 224 Å². The van der Waals surface area contributed by atoms with E-state index in [1.54, 1.807) is 0 Å². The van der Waals surface area contributed by atoms with Crippen molar-refractivity contribution in [2.45, 2.75) is 45.3 Å². The van der Waals surface area contributed by atoms with Gasteiger partial charge in [-0.25, -0.2) is 4.39 Å². The summed E-state index contributed by atoms with van der Waals surface area (Å²) >= 11 is 6.13. The normalized spacial score (nSPS) is 17.1. The zero-order valence-electron chi connectivity index (χ0n) is 21.2. The van der Waals surface area contributed by atoms with E-state index in [9.17, 15) is 9.18 Å². The van der Waals surface area contributed by atoms with Crippen molar-refractivity contribution in [3.05, 3.63) is 99.8 Å². The molecule has 2 aliphatic heterocycles. The number of benzene rings is 3. The molecule has 0 bridgehead atoms. The summed E-state index contributed by atoms with van der Waals surface area (Å²) in [4.78, 5) is 17.9. The van der Waals surface area contributed by atoms with Crippen LogP contribution in [0.2, 0.25) is 5.02 Å². The Bertz CT molecular complexity index is 1210. The smallest absolute Gasteiger partial charge is 0.162 e. The minimum atomic E-state index is -0.223. The van der Waals surface area contributed by atoms with Crippen LogP contribution in [-0.2, 0) is 19.6 Å². The molecule has 0 unspecified atom stereocenters. The summed E-state index contributed by atoms with van der Waals surface area (Å²) in [5.41, 5.74) is 4.13. The second-order valence-electron chi connectivity index (χ2n) is 10.3. The Morgan fingerprint density at radius 2 is 1.70 bits per heavy atom. The fourth-order valence-electron chi connectivity index (χ4n) is 5.41. The Morgan fingerprint density at radius 1 is 0.919 bits per heavy atom. The van der Waals surface area contributed by atoms with Crippen LogP contribution < -0.4 is 4.74 Å². The van der Waals surface area contributed by atoms with E-state index in [2.05, 4.69) is 15.9 Å². The number of rotatable bonds is 8. The Hall–Kier alpha value is -2.73. The summed E-state index contributed by atoms with van der Waals surface area (Å²) in [6.45, 7) is 5.86. The van der Waals surface area contributed by atoms with E-state index in [0.29, 0.717) is 25.5 Å². The number of Topliss-reactive ketones (excluding diaryl/α,β-unsaturated/α-hetero) is 1. The maximum atomic E-state index is 13.3. The molecular formula is C31H34ClFN2O2. The third kappa shape index (κ3) is 7.19. The van der Waals surface area contributed by atoms with Gasteiger partial charge in [0, 0.05) is 48.7 Å². The van der Waals surface area contributed by atoms with Gasteiger partial charge in [-0.1, -0.05) is 35.9 Å². The number of piperidine rings is 1. The van der Waals surface area contributed by atoms with E-state index in [4.69, 9.17) is 16.3 Å². The molecule has 0 aromatic heterocycles. The molecule has 0 N–H and O–H groups in total. The van der Waals surface area contributed by atoms with Gasteiger partial charge in [0.15, 0.2) is 5.78 Å². The molecule has 0 atom stereocenters. The van der Waals surface area contributed by atoms with Crippen LogP contribution in [0, 0.1) is 11.7 Å². The Morgan fingerprint density at radius 3 is 2.49 bits per heavy atom. The molecule has 0 spiro atoms. The Kier molecular flexibility index (Phi) is 8.55. The monoisotopic (exact) mass is 520 g/mol. The molecule has 37 heavy (non-hydrogen) atoms. The molecule has 0 radical (unpaired) electrons. The van der Waals surface area contributed by atoms with Gasteiger partial charge >= 0.3 is 0 Å². The Balaban J connectivity index is 1.12. The van der Waals surface area contributed by atoms with E-state index < -0.39 is 0 Å². The molecule has 0 amide bonds. The SMILES string of the molecule is O=C(CCC1CCN(Cc2cccc(Cl)c2)CC1)c1ccc2c(c1)CN(Cc1ccc(F)cc1)CCO2. The van der Waals surface area contributed by atoms with Crippen molar-refractivity contribution in [2.75, 3.05) is 26.2 Å². The second-order valence-corrected chi connectivity index (χ2v) is 10.8. The van der Waals surface area contributed by atoms with E-state index in [1.165, 1.54) is 17.7 Å². The van der Waals surface area contributed by atoms with E-state index in [1.807, 2.05) is 48.5 Å². The number of carbonyl (C=O) groups is 1. The molecule has 2 aliphatic rings. The topological polar surface area (TPSA) is 32.8 Å². The van der Waals surface area contributed by atoms with Crippen LogP contribution in [0.1, 0.15) is 52.7 Å². The molecule has 3 aromatic rings. The van der Waals surface area contributed by atoms with Gasteiger partial charge in [0.25, 0.3) is 0 Å². The first-order chi connectivity index (χ1) is 18.0. The van der Waals surface area contributed by atoms with Crippen molar-refractivity contribution in [1.29, 1.82) is 0 Å². The predicted molar refractivity (Wildman–Crippen MR) is 145 cm³/mol. The molecule has 1 saturated heterocycles. The lowest BCUT2D eigenvalue weighted by Crippen LogP contribution is -2.33. The van der Waals surface area contributed by atoms with Gasteiger partial charge in [0.2, 0.25) is 0 Å². The first-order valence-electron chi connectivity index (χ1n) is 13.2. The highest BCUT2D eigenvalue weighted by molar-refractivity contribution is 6.30. The molecule has 2 heterocycles. The van der Waals surface area contributed by atoms with Crippen LogP contribution in [0.4, 0.5) is 4.39 Å². The lowest BCUT2D eigenvalue weighted by molar-refractivity contribution is 0.0961. The largest absolute Gasteiger partial charge is 0.492 e. The summed E-state index contributed by atoms with van der Waals surface area (Å²) in [7, 11) is 0. The number of carbonyl (C=O) groups excluding carboxylic acids is 1. The van der Waals surface area contributed by atoms with Crippen molar-refractivity contribution in [3.63, 3.8) is 0 Å². The molecule has 0 saturated carbocycles. The van der Waals surface area contributed by atoms with Crippen molar-refractivity contribution in [2.24, 2.45) is 5.92 Å². The summed E-state index contributed by atoms with van der Waals surface area (Å²) in [6, 6.07) is 20.6. The lowest BCUT2D eigenvalue weighted by atomic mass is 9.90. The predicted octanol–water partition coefficient (Wildman–Crippen LogP) is 6.75. The van der Waals surface area contributed by atoms with Crippen molar-refractivity contribution >= 4 is 17.4 Å². The number of ketones is 1. The maximum absolute atomic E-state index is 13.3. The van der Waals surface area contributed by atoms with Crippen LogP contribution in [0.3, 0.4) is 0 Å². The van der Waals surface area contributed by atoms with Crippen molar-refractivity contribution in [1.82, 2.24) is 9.80 Å². The molecule has 0 aliphatic carbocycles. The number of hydrogen-bond donors (Lipinski definition) is 0. The van der Waals surface area contributed by atoms with Crippen LogP contribution in [0.5, 0.6) is 5.75 Å². The number of ether oxygens (including phenoxy) is 1. The van der Waals surface area contributed by atoms with E-state index >= 15 is 0 Å². The third-order valence-corrected chi connectivity index (χ3v) is 7.78. The molecule has 3 aromatic carbocycles. The summed E-state index contributed by atoms with van der Waals surface area (Å²) in [5, 5.41) is 0.788. The van der Waals surface area contributed by atoms with E-state index in [-0.39, 0.29) is 11.6 Å². The average molecular weight is 521 g/mol. The highest BCUT2D eigenvalue weighted by Gasteiger charge is 2.22. The molecule has 194 valence electrons. The summed E-state index contributed by atoms with van der Waals surface area (Å²) in [6.07, 6.45) is 3.78. The van der Waals surface area contributed by atoms with Gasteiger partial charge in [-0.05, 0) is 91.9 Å². The number of halogens is 2. The maximum Gasteiger partial charge on any atom is 0.162 e. The lowest BCUT2D eigenvalue weighted by Gasteiger charge is -2.32. The molecular weight excluding hydrogens is 487 g/mol. The van der Waals surface area contributed by atoms with Crippen LogP contribution in [-0.4, -0.2) is 41.8 Å². The number of hydrogen-bond acceptors (Lipinski definition) is 4. The van der Waals surface area contributed by atoms with Gasteiger partial charge in [0.1, 0.15) is 18.2 Å². The van der Waals surface area contributed by atoms with Gasteiger partial charge in [0.05, 0.1) is 0 Å². The van der Waals surface area contributed by atoms with Crippen molar-refractivity contribution < 1.29 is 13.9 Å². The molecule has 6 heteroatoms. The molecule has 1 fully saturated rings. The zero-order chi connectivity index (χ0) is 25.6. The number of likely N-dealkylation sites (tertiary alicyclic amines) is 1. The minimum Gasteiger partial charge on any atom is -0.492 e. The van der Waals surface area contributed by atoms with Gasteiger partial charge in [-0.2, -0.15) is 0 Å². The zero-order valence-corrected chi connectivity index (χ0v) is 21.9. The van der Waals surface area contributed by atoms with Crippen LogP contribution in [0.15, 0.2) is 66.7 Å². The molecule has 5 rings (SSSR count). The quantitative estimate of drug-likeness (QED) is 0.308. The van der Waals surface area contributed by atoms with Gasteiger partial charge in [-0.3, -0.25) is 14.6 Å². The van der Waals surface area contributed by atoms with Crippen molar-refractivity contribution in [3.8, 4) is 5.75 Å². The van der Waals surface area contributed by atoms with E-state index in [0.717, 1.165) is 79.4 Å².